The number of hydrogen-bond acceptors (Lipinski definition) is 1. The third-order valence-corrected chi connectivity index (χ3v) is 4.44. The van der Waals surface area contributed by atoms with Crippen molar-refractivity contribution >= 4 is 17.4 Å². The molecule has 0 radical (unpaired) electrons. The van der Waals surface area contributed by atoms with Crippen LogP contribution in [0.3, 0.4) is 0 Å². The lowest BCUT2D eigenvalue weighted by atomic mass is 9.92. The van der Waals surface area contributed by atoms with Crippen molar-refractivity contribution in [3.8, 4) is 0 Å². The molecule has 1 aliphatic rings. The molecule has 0 spiro atoms. The lowest BCUT2D eigenvalue weighted by molar-refractivity contribution is -0.119. The molecule has 104 valence electrons. The second kappa shape index (κ2) is 7.09. The summed E-state index contributed by atoms with van der Waals surface area (Å²) in [6, 6.07) is 5.96. The van der Waals surface area contributed by atoms with Crippen LogP contribution in [-0.2, 0) is 11.2 Å². The largest absolute Gasteiger partial charge is 0.299 e. The van der Waals surface area contributed by atoms with Crippen LogP contribution >= 0.6 is 11.6 Å². The van der Waals surface area contributed by atoms with Crippen molar-refractivity contribution in [2.45, 2.75) is 58.3 Å². The summed E-state index contributed by atoms with van der Waals surface area (Å²) in [5, 5.41) is 0.731. The Morgan fingerprint density at radius 3 is 2.53 bits per heavy atom. The maximum absolute atomic E-state index is 12.2. The summed E-state index contributed by atoms with van der Waals surface area (Å²) >= 11 is 6.19. The molecule has 1 nitrogen and oxygen atoms in total. The first-order chi connectivity index (χ1) is 9.15. The molecule has 0 N–H and O–H groups in total. The normalized spacial score (nSPS) is 17.2. The molecule has 0 aromatic heterocycles. The minimum Gasteiger partial charge on any atom is -0.299 e. The van der Waals surface area contributed by atoms with Gasteiger partial charge >= 0.3 is 0 Å². The van der Waals surface area contributed by atoms with Gasteiger partial charge in [0.1, 0.15) is 5.78 Å². The van der Waals surface area contributed by atoms with Gasteiger partial charge in [0.25, 0.3) is 0 Å². The van der Waals surface area contributed by atoms with Crippen LogP contribution in [0.1, 0.15) is 56.1 Å². The summed E-state index contributed by atoms with van der Waals surface area (Å²) in [7, 11) is 0. The number of hydrogen-bond donors (Lipinski definition) is 0. The zero-order chi connectivity index (χ0) is 13.7. The second-order valence-electron chi connectivity index (χ2n) is 5.87. The van der Waals surface area contributed by atoms with E-state index in [0.29, 0.717) is 18.1 Å². The van der Waals surface area contributed by atoms with E-state index in [2.05, 4.69) is 0 Å². The van der Waals surface area contributed by atoms with Crippen molar-refractivity contribution in [2.24, 2.45) is 5.92 Å². The highest BCUT2D eigenvalue weighted by atomic mass is 35.5. The Morgan fingerprint density at radius 1 is 1.21 bits per heavy atom. The maximum Gasteiger partial charge on any atom is 0.137 e. The standard InChI is InChI=1S/C17H23ClO/c1-13-8-9-15(17(18)10-13)12-16(19)11-14-6-4-2-3-5-7-14/h8-10,14H,2-7,11-12H2,1H3. The first-order valence-electron chi connectivity index (χ1n) is 7.42. The highest BCUT2D eigenvalue weighted by Crippen LogP contribution is 2.26. The number of rotatable bonds is 4. The summed E-state index contributed by atoms with van der Waals surface area (Å²) in [6.45, 7) is 2.02. The lowest BCUT2D eigenvalue weighted by Gasteiger charge is -2.13. The van der Waals surface area contributed by atoms with E-state index in [1.165, 1.54) is 38.5 Å². The quantitative estimate of drug-likeness (QED) is 0.699. The van der Waals surface area contributed by atoms with E-state index in [0.717, 1.165) is 22.6 Å². The average molecular weight is 279 g/mol. The van der Waals surface area contributed by atoms with Crippen molar-refractivity contribution in [3.63, 3.8) is 0 Å². The third-order valence-electron chi connectivity index (χ3n) is 4.09. The molecule has 1 aliphatic carbocycles. The van der Waals surface area contributed by atoms with Gasteiger partial charge in [-0.3, -0.25) is 4.79 Å². The van der Waals surface area contributed by atoms with E-state index >= 15 is 0 Å². The molecule has 1 fully saturated rings. The average Bonchev–Trinajstić information content (AvgIpc) is 2.61. The van der Waals surface area contributed by atoms with Gasteiger partial charge in [-0.15, -0.1) is 0 Å². The molecule has 1 aromatic rings. The van der Waals surface area contributed by atoms with E-state index in [-0.39, 0.29) is 0 Å². The van der Waals surface area contributed by atoms with Crippen LogP contribution in [0.5, 0.6) is 0 Å². The highest BCUT2D eigenvalue weighted by molar-refractivity contribution is 6.31. The summed E-state index contributed by atoms with van der Waals surface area (Å²) in [6.07, 6.45) is 8.97. The first kappa shape index (κ1) is 14.6. The number of benzene rings is 1. The molecule has 2 heteroatoms. The molecule has 1 saturated carbocycles. The van der Waals surface area contributed by atoms with Gasteiger partial charge in [0.05, 0.1) is 0 Å². The zero-order valence-electron chi connectivity index (χ0n) is 11.8. The van der Waals surface area contributed by atoms with E-state index in [9.17, 15) is 4.79 Å². The Morgan fingerprint density at radius 2 is 1.89 bits per heavy atom. The Balaban J connectivity index is 1.89. The number of ketones is 1. The Hall–Kier alpha value is -0.820. The highest BCUT2D eigenvalue weighted by Gasteiger charge is 2.17. The zero-order valence-corrected chi connectivity index (χ0v) is 12.5. The molecule has 0 aliphatic heterocycles. The van der Waals surface area contributed by atoms with E-state index in [1.54, 1.807) is 0 Å². The van der Waals surface area contributed by atoms with Crippen molar-refractivity contribution in [2.75, 3.05) is 0 Å². The minimum atomic E-state index is 0.345. The van der Waals surface area contributed by atoms with Gasteiger partial charge in [0, 0.05) is 17.9 Å². The molecule has 0 unspecified atom stereocenters. The smallest absolute Gasteiger partial charge is 0.137 e. The maximum atomic E-state index is 12.2. The fourth-order valence-electron chi connectivity index (χ4n) is 2.97. The predicted molar refractivity (Wildman–Crippen MR) is 80.7 cm³/mol. The molecule has 0 amide bonds. The predicted octanol–water partition coefficient (Wildman–Crippen LogP) is 5.12. The van der Waals surface area contributed by atoms with Gasteiger partial charge in [0.2, 0.25) is 0 Å². The third kappa shape index (κ3) is 4.65. The SMILES string of the molecule is Cc1ccc(CC(=O)CC2CCCCCC2)c(Cl)c1. The molecule has 0 saturated heterocycles. The Labute approximate surface area is 121 Å². The van der Waals surface area contributed by atoms with Crippen molar-refractivity contribution in [1.29, 1.82) is 0 Å². The number of halogens is 1. The Kier molecular flexibility index (Phi) is 5.45. The van der Waals surface area contributed by atoms with Gasteiger partial charge in [-0.25, -0.2) is 0 Å². The number of Topliss-reactive ketones (excluding diaryl/α,β-unsaturated/α-hetero) is 1. The number of aryl methyl sites for hydroxylation is 1. The molecular weight excluding hydrogens is 256 g/mol. The molecule has 19 heavy (non-hydrogen) atoms. The number of carbonyl (C=O) groups excluding carboxylic acids is 1. The van der Waals surface area contributed by atoms with Gasteiger partial charge in [0.15, 0.2) is 0 Å². The van der Waals surface area contributed by atoms with Crippen molar-refractivity contribution < 1.29 is 4.79 Å². The summed E-state index contributed by atoms with van der Waals surface area (Å²) in [5.41, 5.74) is 2.12. The molecule has 0 heterocycles. The van der Waals surface area contributed by atoms with Gasteiger partial charge in [-0.1, -0.05) is 62.3 Å². The Bertz CT molecular complexity index is 431. The molecule has 1 aromatic carbocycles. The van der Waals surface area contributed by atoms with Crippen LogP contribution in [-0.4, -0.2) is 5.78 Å². The number of carbonyl (C=O) groups is 1. The molecule has 2 rings (SSSR count). The van der Waals surface area contributed by atoms with E-state index in [1.807, 2.05) is 25.1 Å². The monoisotopic (exact) mass is 278 g/mol. The summed E-state index contributed by atoms with van der Waals surface area (Å²) < 4.78 is 0. The van der Waals surface area contributed by atoms with Crippen LogP contribution in [0.25, 0.3) is 0 Å². The molecular formula is C17H23ClO. The lowest BCUT2D eigenvalue weighted by Crippen LogP contribution is -2.10. The first-order valence-corrected chi connectivity index (χ1v) is 7.79. The van der Waals surface area contributed by atoms with Gasteiger partial charge < -0.3 is 0 Å². The second-order valence-corrected chi connectivity index (χ2v) is 6.28. The van der Waals surface area contributed by atoms with Crippen LogP contribution in [0.2, 0.25) is 5.02 Å². The van der Waals surface area contributed by atoms with Crippen molar-refractivity contribution in [3.05, 3.63) is 34.3 Å². The molecule has 0 atom stereocenters. The van der Waals surface area contributed by atoms with Crippen LogP contribution in [0.4, 0.5) is 0 Å². The van der Waals surface area contributed by atoms with Gasteiger partial charge in [-0.05, 0) is 30.0 Å². The topological polar surface area (TPSA) is 17.1 Å². The van der Waals surface area contributed by atoms with Crippen LogP contribution < -0.4 is 0 Å². The molecule has 0 bridgehead atoms. The summed E-state index contributed by atoms with van der Waals surface area (Å²) in [4.78, 5) is 12.2. The fraction of sp³-hybridized carbons (Fsp3) is 0.588. The van der Waals surface area contributed by atoms with Crippen LogP contribution in [0.15, 0.2) is 18.2 Å². The van der Waals surface area contributed by atoms with E-state index in [4.69, 9.17) is 11.6 Å². The van der Waals surface area contributed by atoms with Gasteiger partial charge in [-0.2, -0.15) is 0 Å². The van der Waals surface area contributed by atoms with E-state index < -0.39 is 0 Å². The fourth-order valence-corrected chi connectivity index (χ4v) is 3.27. The summed E-state index contributed by atoms with van der Waals surface area (Å²) in [5.74, 6) is 0.955. The van der Waals surface area contributed by atoms with Crippen LogP contribution in [0, 0.1) is 12.8 Å². The minimum absolute atomic E-state index is 0.345. The van der Waals surface area contributed by atoms with Crippen molar-refractivity contribution in [1.82, 2.24) is 0 Å².